The van der Waals surface area contributed by atoms with Crippen LogP contribution in [0.4, 0.5) is 5.69 Å². The van der Waals surface area contributed by atoms with Crippen molar-refractivity contribution in [1.29, 1.82) is 0 Å². The Morgan fingerprint density at radius 3 is 2.54 bits per heavy atom. The Morgan fingerprint density at radius 2 is 1.88 bits per heavy atom. The second kappa shape index (κ2) is 7.61. The topological polar surface area (TPSA) is 89.8 Å². The molecule has 0 aliphatic carbocycles. The van der Waals surface area contributed by atoms with E-state index in [1.54, 1.807) is 24.3 Å². The summed E-state index contributed by atoms with van der Waals surface area (Å²) >= 11 is 5.91. The summed E-state index contributed by atoms with van der Waals surface area (Å²) in [6.45, 7) is 0.950. The summed E-state index contributed by atoms with van der Waals surface area (Å²) in [4.78, 5) is 10.6. The summed E-state index contributed by atoms with van der Waals surface area (Å²) in [5, 5.41) is 11.9. The number of ether oxygens (including phenoxy) is 1. The lowest BCUT2D eigenvalue weighted by molar-refractivity contribution is -0.386. The number of hydrogen-bond donors (Lipinski definition) is 0. The molecule has 0 amide bonds. The van der Waals surface area contributed by atoms with Crippen LogP contribution in [0, 0.1) is 10.1 Å². The van der Waals surface area contributed by atoms with E-state index in [1.807, 2.05) is 0 Å². The third kappa shape index (κ3) is 3.98. The summed E-state index contributed by atoms with van der Waals surface area (Å²) in [6, 6.07) is 10.7. The van der Waals surface area contributed by atoms with Crippen molar-refractivity contribution in [3.8, 4) is 5.75 Å². The van der Waals surface area contributed by atoms with E-state index in [1.165, 1.54) is 16.4 Å². The molecule has 1 aliphatic rings. The fraction of sp³-hybridized carbons (Fsp3) is 0.294. The highest BCUT2D eigenvalue weighted by molar-refractivity contribution is 7.89. The third-order valence-electron chi connectivity index (χ3n) is 4.11. The van der Waals surface area contributed by atoms with Crippen LogP contribution in [-0.4, -0.2) is 30.7 Å². The van der Waals surface area contributed by atoms with Crippen LogP contribution < -0.4 is 4.74 Å². The van der Waals surface area contributed by atoms with Gasteiger partial charge in [-0.05, 0) is 42.7 Å². The van der Waals surface area contributed by atoms with Crippen LogP contribution in [-0.2, 0) is 16.6 Å². The molecule has 0 saturated carbocycles. The Morgan fingerprint density at radius 1 is 1.15 bits per heavy atom. The molecule has 0 bridgehead atoms. The van der Waals surface area contributed by atoms with Gasteiger partial charge < -0.3 is 4.74 Å². The first-order valence-corrected chi connectivity index (χ1v) is 9.85. The molecule has 1 saturated heterocycles. The Hall–Kier alpha value is -2.16. The van der Waals surface area contributed by atoms with Gasteiger partial charge in [0.05, 0.1) is 9.82 Å². The van der Waals surface area contributed by atoms with Crippen molar-refractivity contribution >= 4 is 27.3 Å². The van der Waals surface area contributed by atoms with Crippen LogP contribution >= 0.6 is 11.6 Å². The molecular weight excluding hydrogens is 380 g/mol. The molecule has 2 aromatic rings. The zero-order valence-electron chi connectivity index (χ0n) is 13.8. The molecule has 9 heteroatoms. The number of sulfonamides is 1. The Balaban J connectivity index is 1.86. The van der Waals surface area contributed by atoms with Gasteiger partial charge in [0.25, 0.3) is 0 Å². The third-order valence-corrected chi connectivity index (χ3v) is 6.24. The van der Waals surface area contributed by atoms with Gasteiger partial charge in [-0.3, -0.25) is 10.1 Å². The molecule has 26 heavy (non-hydrogen) atoms. The van der Waals surface area contributed by atoms with Crippen LogP contribution in [0.15, 0.2) is 47.4 Å². The van der Waals surface area contributed by atoms with Gasteiger partial charge in [-0.25, -0.2) is 8.42 Å². The predicted octanol–water partition coefficient (Wildman–Crippen LogP) is 3.61. The smallest absolute Gasteiger partial charge is 0.312 e. The highest BCUT2D eigenvalue weighted by Crippen LogP contribution is 2.32. The van der Waals surface area contributed by atoms with Gasteiger partial charge in [0.2, 0.25) is 10.0 Å². The number of nitrogens with zero attached hydrogens (tertiary/aromatic N) is 2. The average Bonchev–Trinajstić information content (AvgIpc) is 3.15. The largest absolute Gasteiger partial charge is 0.482 e. The van der Waals surface area contributed by atoms with Crippen molar-refractivity contribution in [2.45, 2.75) is 24.3 Å². The van der Waals surface area contributed by atoms with Crippen molar-refractivity contribution < 1.29 is 18.1 Å². The van der Waals surface area contributed by atoms with Gasteiger partial charge in [-0.2, -0.15) is 4.31 Å². The maximum Gasteiger partial charge on any atom is 0.312 e. The van der Waals surface area contributed by atoms with Crippen molar-refractivity contribution in [3.63, 3.8) is 0 Å². The summed E-state index contributed by atoms with van der Waals surface area (Å²) in [5.41, 5.74) is 0.368. The highest BCUT2D eigenvalue weighted by Gasteiger charge is 2.29. The van der Waals surface area contributed by atoms with Gasteiger partial charge in [-0.1, -0.05) is 23.7 Å². The van der Waals surface area contributed by atoms with Crippen LogP contribution in [0.25, 0.3) is 0 Å². The van der Waals surface area contributed by atoms with E-state index in [-0.39, 0.29) is 22.9 Å². The molecule has 1 fully saturated rings. The SMILES string of the molecule is O=[N+]([O-])c1cc(S(=O)(=O)N2CCCC2)ccc1OCc1cccc(Cl)c1. The molecule has 1 heterocycles. The first-order chi connectivity index (χ1) is 12.4. The van der Waals surface area contributed by atoms with E-state index in [9.17, 15) is 18.5 Å². The molecule has 138 valence electrons. The second-order valence-electron chi connectivity index (χ2n) is 5.92. The van der Waals surface area contributed by atoms with Gasteiger partial charge in [0.1, 0.15) is 6.61 Å². The Bertz CT molecular complexity index is 927. The van der Waals surface area contributed by atoms with E-state index >= 15 is 0 Å². The molecule has 1 aliphatic heterocycles. The second-order valence-corrected chi connectivity index (χ2v) is 8.29. The van der Waals surface area contributed by atoms with Gasteiger partial charge in [0.15, 0.2) is 5.75 Å². The van der Waals surface area contributed by atoms with Gasteiger partial charge >= 0.3 is 5.69 Å². The standard InChI is InChI=1S/C17H17ClN2O5S/c18-14-5-3-4-13(10-14)12-25-17-7-6-15(11-16(17)20(21)22)26(23,24)19-8-1-2-9-19/h3-7,10-11H,1-2,8-9,12H2. The lowest BCUT2D eigenvalue weighted by atomic mass is 10.2. The molecule has 7 nitrogen and oxygen atoms in total. The monoisotopic (exact) mass is 396 g/mol. The Labute approximate surface area is 156 Å². The average molecular weight is 397 g/mol. The minimum Gasteiger partial charge on any atom is -0.482 e. The summed E-state index contributed by atoms with van der Waals surface area (Å²) in [6.07, 6.45) is 1.59. The minimum absolute atomic E-state index is 0.00958. The molecule has 0 spiro atoms. The molecule has 0 aromatic heterocycles. The molecule has 0 N–H and O–H groups in total. The van der Waals surface area contributed by atoms with E-state index in [0.717, 1.165) is 24.5 Å². The van der Waals surface area contributed by atoms with E-state index in [2.05, 4.69) is 0 Å². The number of benzene rings is 2. The minimum atomic E-state index is -3.73. The number of rotatable bonds is 6. The van der Waals surface area contributed by atoms with Crippen molar-refractivity contribution in [2.24, 2.45) is 0 Å². The number of nitro benzene ring substituents is 1. The molecule has 0 radical (unpaired) electrons. The Kier molecular flexibility index (Phi) is 5.45. The van der Waals surface area contributed by atoms with Crippen LogP contribution in [0.1, 0.15) is 18.4 Å². The first kappa shape index (κ1) is 18.6. The molecule has 0 atom stereocenters. The number of hydrogen-bond acceptors (Lipinski definition) is 5. The zero-order chi connectivity index (χ0) is 18.7. The van der Waals surface area contributed by atoms with Crippen LogP contribution in [0.5, 0.6) is 5.75 Å². The molecule has 3 rings (SSSR count). The zero-order valence-corrected chi connectivity index (χ0v) is 15.4. The summed E-state index contributed by atoms with van der Waals surface area (Å²) in [7, 11) is -3.73. The van der Waals surface area contributed by atoms with E-state index in [0.29, 0.717) is 18.1 Å². The predicted molar refractivity (Wildman–Crippen MR) is 96.9 cm³/mol. The summed E-state index contributed by atoms with van der Waals surface area (Å²) < 4.78 is 32.0. The van der Waals surface area contributed by atoms with E-state index < -0.39 is 14.9 Å². The fourth-order valence-electron chi connectivity index (χ4n) is 2.79. The van der Waals surface area contributed by atoms with Crippen LogP contribution in [0.3, 0.4) is 0 Å². The van der Waals surface area contributed by atoms with E-state index in [4.69, 9.17) is 16.3 Å². The van der Waals surface area contributed by atoms with Crippen molar-refractivity contribution in [3.05, 3.63) is 63.2 Å². The fourth-order valence-corrected chi connectivity index (χ4v) is 4.54. The first-order valence-electron chi connectivity index (χ1n) is 8.04. The number of nitro groups is 1. The van der Waals surface area contributed by atoms with Gasteiger partial charge in [0, 0.05) is 24.2 Å². The lowest BCUT2D eigenvalue weighted by Crippen LogP contribution is -2.27. The maximum atomic E-state index is 12.6. The van der Waals surface area contributed by atoms with Crippen LogP contribution in [0.2, 0.25) is 5.02 Å². The maximum absolute atomic E-state index is 12.6. The quantitative estimate of drug-likeness (QED) is 0.549. The summed E-state index contributed by atoms with van der Waals surface area (Å²) in [5.74, 6) is 0.00958. The molecular formula is C17H17ClN2O5S. The lowest BCUT2D eigenvalue weighted by Gasteiger charge is -2.16. The normalized spacial score (nSPS) is 15.1. The molecule has 2 aromatic carbocycles. The highest BCUT2D eigenvalue weighted by atomic mass is 35.5. The number of halogens is 1. The molecule has 0 unspecified atom stereocenters. The van der Waals surface area contributed by atoms with Gasteiger partial charge in [-0.15, -0.1) is 0 Å². The van der Waals surface area contributed by atoms with Crippen molar-refractivity contribution in [2.75, 3.05) is 13.1 Å². The van der Waals surface area contributed by atoms with Crippen molar-refractivity contribution in [1.82, 2.24) is 4.31 Å².